The van der Waals surface area contributed by atoms with Crippen molar-refractivity contribution >= 4 is 13.3 Å². The van der Waals surface area contributed by atoms with E-state index in [1.807, 2.05) is 0 Å². The average Bonchev–Trinajstić information content (AvgIpc) is 2.01. The number of aliphatic hydroxyl groups excluding tert-OH is 1. The van der Waals surface area contributed by atoms with Crippen LogP contribution in [0.1, 0.15) is 13.3 Å². The van der Waals surface area contributed by atoms with Crippen LogP contribution in [0.3, 0.4) is 0 Å². The quantitative estimate of drug-likeness (QED) is 0.455. The first-order chi connectivity index (χ1) is 5.90. The van der Waals surface area contributed by atoms with Gasteiger partial charge in [0.2, 0.25) is 7.37 Å². The molecule has 0 amide bonds. The molecular weight excluding hydrogens is 195 g/mol. The van der Waals surface area contributed by atoms with Crippen molar-refractivity contribution in [3.05, 3.63) is 12.2 Å². The lowest BCUT2D eigenvalue weighted by Gasteiger charge is -2.13. The zero-order valence-electron chi connectivity index (χ0n) is 7.25. The maximum absolute atomic E-state index is 11.2. The van der Waals surface area contributed by atoms with Gasteiger partial charge in [-0.1, -0.05) is 12.2 Å². The Balaban J connectivity index is 4.22. The van der Waals surface area contributed by atoms with Gasteiger partial charge in [-0.3, -0.25) is 9.36 Å². The second kappa shape index (κ2) is 5.17. The summed E-state index contributed by atoms with van der Waals surface area (Å²) < 4.78 is 11.2. The van der Waals surface area contributed by atoms with E-state index < -0.39 is 31.8 Å². The first kappa shape index (κ1) is 12.4. The zero-order valence-corrected chi connectivity index (χ0v) is 8.15. The first-order valence-electron chi connectivity index (χ1n) is 3.74. The van der Waals surface area contributed by atoms with Crippen molar-refractivity contribution in [2.45, 2.75) is 19.2 Å². The number of aliphatic carboxylic acids is 1. The molecule has 13 heavy (non-hydrogen) atoms. The van der Waals surface area contributed by atoms with E-state index in [2.05, 4.69) is 0 Å². The van der Waals surface area contributed by atoms with Crippen LogP contribution in [0.15, 0.2) is 12.2 Å². The van der Waals surface area contributed by atoms with Gasteiger partial charge < -0.3 is 15.1 Å². The fourth-order valence-corrected chi connectivity index (χ4v) is 1.91. The van der Waals surface area contributed by atoms with Gasteiger partial charge in [-0.2, -0.15) is 0 Å². The molecule has 0 radical (unpaired) electrons. The molecule has 5 nitrogen and oxygen atoms in total. The zero-order chi connectivity index (χ0) is 10.5. The third-order valence-electron chi connectivity index (χ3n) is 1.42. The molecule has 0 aliphatic rings. The first-order valence-corrected chi connectivity index (χ1v) is 5.65. The summed E-state index contributed by atoms with van der Waals surface area (Å²) in [6.07, 6.45) is 1.78. The lowest BCUT2D eigenvalue weighted by atomic mass is 10.5. The molecule has 0 saturated carbocycles. The smallest absolute Gasteiger partial charge is 0.303 e. The van der Waals surface area contributed by atoms with E-state index in [1.54, 1.807) is 6.92 Å². The molecule has 0 fully saturated rings. The van der Waals surface area contributed by atoms with E-state index in [1.165, 1.54) is 12.2 Å². The van der Waals surface area contributed by atoms with Gasteiger partial charge in [0.25, 0.3) is 0 Å². The number of carbonyl (C=O) groups is 1. The number of hydrogen-bond donors (Lipinski definition) is 3. The predicted octanol–water partition coefficient (Wildman–Crippen LogP) is 0.626. The van der Waals surface area contributed by atoms with Crippen molar-refractivity contribution in [3.8, 4) is 0 Å². The van der Waals surface area contributed by atoms with Crippen molar-refractivity contribution < 1.29 is 24.5 Å². The van der Waals surface area contributed by atoms with Crippen molar-refractivity contribution in [3.63, 3.8) is 0 Å². The fourth-order valence-electron chi connectivity index (χ4n) is 0.695. The van der Waals surface area contributed by atoms with Crippen LogP contribution in [-0.2, 0) is 9.36 Å². The Hall–Kier alpha value is -0.640. The summed E-state index contributed by atoms with van der Waals surface area (Å²) in [6, 6.07) is 0. The molecular formula is C7H13O5P. The molecule has 2 atom stereocenters. The van der Waals surface area contributed by atoms with E-state index >= 15 is 0 Å². The van der Waals surface area contributed by atoms with E-state index in [-0.39, 0.29) is 0 Å². The molecule has 2 unspecified atom stereocenters. The SMILES string of the molecule is CC=CC(O)P(=O)(O)CCC(=O)O. The number of allylic oxidation sites excluding steroid dienone is 1. The summed E-state index contributed by atoms with van der Waals surface area (Å²) in [4.78, 5) is 19.2. The minimum atomic E-state index is -3.77. The Labute approximate surface area is 76.2 Å². The average molecular weight is 208 g/mol. The molecule has 0 rings (SSSR count). The van der Waals surface area contributed by atoms with Gasteiger partial charge in [0, 0.05) is 6.16 Å². The van der Waals surface area contributed by atoms with Crippen molar-refractivity contribution in [1.82, 2.24) is 0 Å². The summed E-state index contributed by atoms with van der Waals surface area (Å²) in [5.41, 5.74) is 0. The largest absolute Gasteiger partial charge is 0.481 e. The highest BCUT2D eigenvalue weighted by Gasteiger charge is 2.27. The normalized spacial score (nSPS) is 18.4. The lowest BCUT2D eigenvalue weighted by molar-refractivity contribution is -0.136. The van der Waals surface area contributed by atoms with Gasteiger partial charge >= 0.3 is 5.97 Å². The van der Waals surface area contributed by atoms with E-state index in [4.69, 9.17) is 15.1 Å². The van der Waals surface area contributed by atoms with Gasteiger partial charge in [-0.25, -0.2) is 0 Å². The molecule has 0 spiro atoms. The number of hydrogen-bond acceptors (Lipinski definition) is 3. The molecule has 0 aromatic rings. The highest BCUT2D eigenvalue weighted by atomic mass is 31.2. The van der Waals surface area contributed by atoms with Crippen LogP contribution in [0, 0.1) is 0 Å². The third-order valence-corrected chi connectivity index (χ3v) is 3.29. The van der Waals surface area contributed by atoms with Crippen LogP contribution in [0.4, 0.5) is 0 Å². The Bertz CT molecular complexity index is 247. The molecule has 0 heterocycles. The lowest BCUT2D eigenvalue weighted by Crippen LogP contribution is -2.09. The van der Waals surface area contributed by atoms with E-state index in [9.17, 15) is 9.36 Å². The van der Waals surface area contributed by atoms with Gasteiger partial charge in [0.05, 0.1) is 6.42 Å². The summed E-state index contributed by atoms with van der Waals surface area (Å²) in [5, 5.41) is 17.4. The molecule has 0 aromatic carbocycles. The fraction of sp³-hybridized carbons (Fsp3) is 0.571. The van der Waals surface area contributed by atoms with E-state index in [0.717, 1.165) is 0 Å². The molecule has 0 saturated heterocycles. The Kier molecular flexibility index (Phi) is 4.91. The van der Waals surface area contributed by atoms with Crippen LogP contribution in [0.2, 0.25) is 0 Å². The van der Waals surface area contributed by atoms with Gasteiger partial charge in [-0.05, 0) is 6.92 Å². The van der Waals surface area contributed by atoms with Crippen molar-refractivity contribution in [2.75, 3.05) is 6.16 Å². The molecule has 0 aliphatic heterocycles. The maximum atomic E-state index is 11.2. The number of carboxylic acid groups (broad SMARTS) is 1. The van der Waals surface area contributed by atoms with Crippen molar-refractivity contribution in [2.24, 2.45) is 0 Å². The standard InChI is InChI=1S/C7H13O5P/c1-2-3-7(10)13(11,12)5-4-6(8)9/h2-3,7,10H,4-5H2,1H3,(H,8,9)(H,11,12). The molecule has 76 valence electrons. The number of aliphatic hydroxyl groups is 1. The van der Waals surface area contributed by atoms with Gasteiger partial charge in [0.15, 0.2) is 0 Å². The summed E-state index contributed by atoms with van der Waals surface area (Å²) in [5.74, 6) is -2.61. The maximum Gasteiger partial charge on any atom is 0.303 e. The molecule has 0 bridgehead atoms. The van der Waals surface area contributed by atoms with Crippen molar-refractivity contribution in [1.29, 1.82) is 0 Å². The van der Waals surface area contributed by atoms with Crippen LogP contribution in [-0.4, -0.2) is 33.1 Å². The predicted molar refractivity (Wildman–Crippen MR) is 47.8 cm³/mol. The van der Waals surface area contributed by atoms with Crippen LogP contribution in [0.25, 0.3) is 0 Å². The van der Waals surface area contributed by atoms with Crippen LogP contribution in [0.5, 0.6) is 0 Å². The molecule has 6 heteroatoms. The van der Waals surface area contributed by atoms with Crippen LogP contribution >= 0.6 is 7.37 Å². The minimum absolute atomic E-state index is 0.409. The topological polar surface area (TPSA) is 94.8 Å². The summed E-state index contributed by atoms with van der Waals surface area (Å²) in [7, 11) is -3.77. The summed E-state index contributed by atoms with van der Waals surface area (Å²) >= 11 is 0. The Morgan fingerprint density at radius 1 is 1.62 bits per heavy atom. The number of rotatable bonds is 5. The van der Waals surface area contributed by atoms with Crippen LogP contribution < -0.4 is 0 Å². The second-order valence-electron chi connectivity index (χ2n) is 2.56. The highest BCUT2D eigenvalue weighted by molar-refractivity contribution is 7.58. The van der Waals surface area contributed by atoms with Gasteiger partial charge in [-0.15, -0.1) is 0 Å². The number of carboxylic acids is 1. The Morgan fingerprint density at radius 2 is 2.15 bits per heavy atom. The third kappa shape index (κ3) is 4.83. The highest BCUT2D eigenvalue weighted by Crippen LogP contribution is 2.45. The molecule has 0 aromatic heterocycles. The monoisotopic (exact) mass is 208 g/mol. The summed E-state index contributed by atoms with van der Waals surface area (Å²) in [6.45, 7) is 1.60. The van der Waals surface area contributed by atoms with E-state index in [0.29, 0.717) is 0 Å². The second-order valence-corrected chi connectivity index (χ2v) is 5.05. The Morgan fingerprint density at radius 3 is 2.54 bits per heavy atom. The minimum Gasteiger partial charge on any atom is -0.481 e. The van der Waals surface area contributed by atoms with Gasteiger partial charge in [0.1, 0.15) is 5.85 Å². The molecule has 0 aliphatic carbocycles. The molecule has 3 N–H and O–H groups in total.